The summed E-state index contributed by atoms with van der Waals surface area (Å²) in [5.41, 5.74) is 9.58. The van der Waals surface area contributed by atoms with Crippen LogP contribution in [0.4, 0.5) is 5.95 Å². The summed E-state index contributed by atoms with van der Waals surface area (Å²) in [6.07, 6.45) is 2.24. The Morgan fingerprint density at radius 2 is 2.00 bits per heavy atom. The van der Waals surface area contributed by atoms with Crippen molar-refractivity contribution >= 4 is 5.95 Å². The highest BCUT2D eigenvalue weighted by molar-refractivity contribution is 5.36. The molecule has 3 nitrogen and oxygen atoms in total. The average Bonchev–Trinajstić information content (AvgIpc) is 2.06. The van der Waals surface area contributed by atoms with E-state index in [-0.39, 0.29) is 0 Å². The summed E-state index contributed by atoms with van der Waals surface area (Å²) >= 11 is 0. The predicted molar refractivity (Wildman–Crippen MR) is 61.7 cm³/mol. The van der Waals surface area contributed by atoms with Gasteiger partial charge in [0, 0.05) is 5.69 Å². The fourth-order valence-corrected chi connectivity index (χ4v) is 2.74. The van der Waals surface area contributed by atoms with Crippen molar-refractivity contribution in [1.29, 1.82) is 0 Å². The molecule has 1 aliphatic rings. The number of anilines is 1. The van der Waals surface area contributed by atoms with E-state index >= 15 is 0 Å². The smallest absolute Gasteiger partial charge is 0.220 e. The summed E-state index contributed by atoms with van der Waals surface area (Å²) in [5, 5.41) is 0. The van der Waals surface area contributed by atoms with Gasteiger partial charge in [0.1, 0.15) is 0 Å². The van der Waals surface area contributed by atoms with Crippen LogP contribution in [0.3, 0.4) is 0 Å². The fourth-order valence-electron chi connectivity index (χ4n) is 2.74. The number of nitrogens with two attached hydrogens (primary N) is 1. The van der Waals surface area contributed by atoms with Crippen LogP contribution >= 0.6 is 0 Å². The first-order chi connectivity index (χ1) is 6.89. The number of fused-ring (bicyclic) bond motifs is 1. The zero-order chi connectivity index (χ0) is 11.2. The van der Waals surface area contributed by atoms with Crippen molar-refractivity contribution in [2.24, 2.45) is 5.41 Å². The van der Waals surface area contributed by atoms with E-state index in [9.17, 15) is 0 Å². The number of aryl methyl sites for hydroxylation is 1. The predicted octanol–water partition coefficient (Wildman–Crippen LogP) is 2.44. The molecule has 0 bridgehead atoms. The minimum absolute atomic E-state index is 0.358. The molecule has 1 aromatic rings. The molecule has 15 heavy (non-hydrogen) atoms. The van der Waals surface area contributed by atoms with Gasteiger partial charge in [-0.05, 0) is 36.7 Å². The van der Waals surface area contributed by atoms with Crippen LogP contribution < -0.4 is 5.73 Å². The fraction of sp³-hybridized carbons (Fsp3) is 0.667. The highest BCUT2D eigenvalue weighted by atomic mass is 15.0. The molecule has 82 valence electrons. The van der Waals surface area contributed by atoms with E-state index in [1.165, 1.54) is 17.7 Å². The van der Waals surface area contributed by atoms with Gasteiger partial charge >= 0.3 is 0 Å². The van der Waals surface area contributed by atoms with Crippen LogP contribution in [0.15, 0.2) is 0 Å². The lowest BCUT2D eigenvalue weighted by Crippen LogP contribution is -2.27. The lowest BCUT2D eigenvalue weighted by molar-refractivity contribution is 0.283. The summed E-state index contributed by atoms with van der Waals surface area (Å²) in [6, 6.07) is 0. The zero-order valence-corrected chi connectivity index (χ0v) is 9.96. The molecule has 1 atom stereocenters. The second-order valence-electron chi connectivity index (χ2n) is 5.48. The average molecular weight is 205 g/mol. The van der Waals surface area contributed by atoms with Gasteiger partial charge in [-0.3, -0.25) is 0 Å². The Hall–Kier alpha value is -1.12. The Morgan fingerprint density at radius 1 is 1.33 bits per heavy atom. The summed E-state index contributed by atoms with van der Waals surface area (Å²) < 4.78 is 0. The minimum atomic E-state index is 0.358. The van der Waals surface area contributed by atoms with Crippen molar-refractivity contribution < 1.29 is 0 Å². The lowest BCUT2D eigenvalue weighted by Gasteiger charge is -2.35. The van der Waals surface area contributed by atoms with Gasteiger partial charge in [0.15, 0.2) is 0 Å². The van der Waals surface area contributed by atoms with Crippen LogP contribution in [0, 0.1) is 12.3 Å². The van der Waals surface area contributed by atoms with Crippen LogP contribution in [-0.2, 0) is 6.42 Å². The van der Waals surface area contributed by atoms with Gasteiger partial charge in [-0.1, -0.05) is 20.8 Å². The van der Waals surface area contributed by atoms with Crippen molar-refractivity contribution in [3.63, 3.8) is 0 Å². The molecule has 1 unspecified atom stereocenters. The van der Waals surface area contributed by atoms with Gasteiger partial charge in [0.2, 0.25) is 5.95 Å². The highest BCUT2D eigenvalue weighted by Crippen LogP contribution is 2.41. The summed E-state index contributed by atoms with van der Waals surface area (Å²) in [4.78, 5) is 8.64. The van der Waals surface area contributed by atoms with Crippen LogP contribution in [-0.4, -0.2) is 9.97 Å². The standard InChI is InChI=1S/C12H19N3/c1-7-5-12(3,4)6-9-8(2)14-11(13)15-10(7)9/h7H,5-6H2,1-4H3,(H2,13,14,15). The first kappa shape index (κ1) is 10.4. The molecular weight excluding hydrogens is 186 g/mol. The Balaban J connectivity index is 2.55. The number of hydrogen-bond acceptors (Lipinski definition) is 3. The van der Waals surface area contributed by atoms with Gasteiger partial charge in [-0.25, -0.2) is 9.97 Å². The molecular formula is C12H19N3. The molecule has 2 N–H and O–H groups in total. The third-order valence-electron chi connectivity index (χ3n) is 3.24. The molecule has 1 aromatic heterocycles. The molecule has 1 heterocycles. The SMILES string of the molecule is Cc1nc(N)nc2c1CC(C)(C)CC2C. The van der Waals surface area contributed by atoms with E-state index in [1.54, 1.807) is 0 Å². The van der Waals surface area contributed by atoms with Crippen LogP contribution in [0.25, 0.3) is 0 Å². The van der Waals surface area contributed by atoms with E-state index in [0.29, 0.717) is 17.3 Å². The summed E-state index contributed by atoms with van der Waals surface area (Å²) in [5.74, 6) is 0.908. The largest absolute Gasteiger partial charge is 0.368 e. The van der Waals surface area contributed by atoms with Crippen LogP contribution in [0.2, 0.25) is 0 Å². The molecule has 0 aromatic carbocycles. The highest BCUT2D eigenvalue weighted by Gasteiger charge is 2.32. The third-order valence-corrected chi connectivity index (χ3v) is 3.24. The molecule has 0 spiro atoms. The summed E-state index contributed by atoms with van der Waals surface area (Å²) in [6.45, 7) is 8.88. The molecule has 1 aliphatic carbocycles. The molecule has 0 aliphatic heterocycles. The maximum atomic E-state index is 5.69. The van der Waals surface area contributed by atoms with E-state index in [0.717, 1.165) is 12.1 Å². The van der Waals surface area contributed by atoms with Crippen molar-refractivity contribution in [2.75, 3.05) is 5.73 Å². The quantitative estimate of drug-likeness (QED) is 0.707. The molecule has 0 radical (unpaired) electrons. The molecule has 3 heteroatoms. The number of aromatic nitrogens is 2. The van der Waals surface area contributed by atoms with Crippen LogP contribution in [0.1, 0.15) is 50.1 Å². The zero-order valence-electron chi connectivity index (χ0n) is 9.96. The first-order valence-corrected chi connectivity index (χ1v) is 5.52. The van der Waals surface area contributed by atoms with Crippen molar-refractivity contribution in [3.8, 4) is 0 Å². The van der Waals surface area contributed by atoms with E-state index in [2.05, 4.69) is 30.7 Å². The van der Waals surface area contributed by atoms with E-state index in [1.807, 2.05) is 6.92 Å². The van der Waals surface area contributed by atoms with Gasteiger partial charge in [0.05, 0.1) is 5.69 Å². The molecule has 0 saturated heterocycles. The monoisotopic (exact) mass is 205 g/mol. The Kier molecular flexibility index (Phi) is 2.21. The van der Waals surface area contributed by atoms with Crippen molar-refractivity contribution in [3.05, 3.63) is 17.0 Å². The Bertz CT molecular complexity index is 396. The second-order valence-corrected chi connectivity index (χ2v) is 5.48. The lowest BCUT2D eigenvalue weighted by atomic mass is 9.71. The van der Waals surface area contributed by atoms with Crippen molar-refractivity contribution in [1.82, 2.24) is 9.97 Å². The molecule has 0 amide bonds. The third kappa shape index (κ3) is 1.83. The maximum Gasteiger partial charge on any atom is 0.220 e. The Morgan fingerprint density at radius 3 is 2.67 bits per heavy atom. The van der Waals surface area contributed by atoms with Gasteiger partial charge in [0.25, 0.3) is 0 Å². The molecule has 0 fully saturated rings. The van der Waals surface area contributed by atoms with Gasteiger partial charge in [-0.15, -0.1) is 0 Å². The summed E-state index contributed by atoms with van der Waals surface area (Å²) in [7, 11) is 0. The van der Waals surface area contributed by atoms with Crippen LogP contribution in [0.5, 0.6) is 0 Å². The minimum Gasteiger partial charge on any atom is -0.368 e. The normalized spacial score (nSPS) is 23.6. The first-order valence-electron chi connectivity index (χ1n) is 5.52. The number of hydrogen-bond donors (Lipinski definition) is 1. The second kappa shape index (κ2) is 3.19. The van der Waals surface area contributed by atoms with Gasteiger partial charge in [-0.2, -0.15) is 0 Å². The number of rotatable bonds is 0. The molecule has 2 rings (SSSR count). The molecule has 0 saturated carbocycles. The number of nitrogens with zero attached hydrogens (tertiary/aromatic N) is 2. The van der Waals surface area contributed by atoms with Crippen molar-refractivity contribution in [2.45, 2.75) is 46.5 Å². The number of nitrogen functional groups attached to an aromatic ring is 1. The van der Waals surface area contributed by atoms with E-state index < -0.39 is 0 Å². The maximum absolute atomic E-state index is 5.69. The van der Waals surface area contributed by atoms with Gasteiger partial charge < -0.3 is 5.73 Å². The van der Waals surface area contributed by atoms with E-state index in [4.69, 9.17) is 5.73 Å². The topological polar surface area (TPSA) is 51.8 Å². The Labute approximate surface area is 91.1 Å².